The molecule has 0 bridgehead atoms. The van der Waals surface area contributed by atoms with Crippen molar-refractivity contribution in [2.24, 2.45) is 0 Å². The molecule has 26 heavy (non-hydrogen) atoms. The van der Waals surface area contributed by atoms with Crippen LogP contribution in [0.5, 0.6) is 5.75 Å². The third-order valence-corrected chi connectivity index (χ3v) is 5.90. The normalized spacial score (nSPS) is 12.9. The predicted octanol–water partition coefficient (Wildman–Crippen LogP) is 4.93. The SMILES string of the molecule is CCOP(=O)(OCC)C(F)(F)C(=O)CC(C)(C)c1cc(F)ccc1OC. The van der Waals surface area contributed by atoms with Gasteiger partial charge in [0.15, 0.2) is 0 Å². The highest BCUT2D eigenvalue weighted by Gasteiger charge is 2.59. The van der Waals surface area contributed by atoms with Crippen molar-refractivity contribution in [1.82, 2.24) is 0 Å². The molecule has 148 valence electrons. The maximum Gasteiger partial charge on any atom is 0.407 e. The van der Waals surface area contributed by atoms with Gasteiger partial charge >= 0.3 is 13.3 Å². The maximum atomic E-state index is 14.6. The molecule has 0 atom stereocenters. The zero-order chi connectivity index (χ0) is 20.2. The fraction of sp³-hybridized carbons (Fsp3) is 0.588. The van der Waals surface area contributed by atoms with E-state index < -0.39 is 36.7 Å². The summed E-state index contributed by atoms with van der Waals surface area (Å²) in [4.78, 5) is 12.3. The average molecular weight is 396 g/mol. The number of alkyl halides is 2. The van der Waals surface area contributed by atoms with Gasteiger partial charge in [-0.3, -0.25) is 9.36 Å². The summed E-state index contributed by atoms with van der Waals surface area (Å²) in [6.07, 6.45) is -0.718. The molecule has 1 aromatic rings. The molecule has 0 fully saturated rings. The smallest absolute Gasteiger partial charge is 0.407 e. The van der Waals surface area contributed by atoms with Crippen molar-refractivity contribution in [3.05, 3.63) is 29.6 Å². The van der Waals surface area contributed by atoms with Gasteiger partial charge in [-0.15, -0.1) is 0 Å². The Hall–Kier alpha value is -1.37. The molecule has 9 heteroatoms. The standard InChI is InChI=1S/C17H24F3O5P/c1-6-24-26(22,25-7-2)17(19,20)15(21)11-16(3,4)13-10-12(18)8-9-14(13)23-5/h8-10H,6-7,11H2,1-5H3. The van der Waals surface area contributed by atoms with E-state index in [-0.39, 0.29) is 24.5 Å². The fourth-order valence-electron chi connectivity index (χ4n) is 2.50. The summed E-state index contributed by atoms with van der Waals surface area (Å²) in [5, 5.41) is 0. The summed E-state index contributed by atoms with van der Waals surface area (Å²) in [5.41, 5.74) is -5.29. The Kier molecular flexibility index (Phi) is 7.45. The molecule has 0 heterocycles. The van der Waals surface area contributed by atoms with E-state index >= 15 is 0 Å². The van der Waals surface area contributed by atoms with Crippen LogP contribution in [0.1, 0.15) is 39.7 Å². The van der Waals surface area contributed by atoms with Gasteiger partial charge in [0.05, 0.1) is 20.3 Å². The lowest BCUT2D eigenvalue weighted by molar-refractivity contribution is -0.136. The lowest BCUT2D eigenvalue weighted by atomic mass is 9.79. The van der Waals surface area contributed by atoms with Crippen molar-refractivity contribution in [2.45, 2.75) is 45.2 Å². The number of ether oxygens (including phenoxy) is 1. The molecule has 0 aliphatic carbocycles. The highest BCUT2D eigenvalue weighted by atomic mass is 31.2. The first-order valence-electron chi connectivity index (χ1n) is 8.09. The van der Waals surface area contributed by atoms with E-state index in [0.717, 1.165) is 12.1 Å². The molecule has 0 radical (unpaired) electrons. The number of carbonyl (C=O) groups excluding carboxylic acids is 1. The first-order valence-corrected chi connectivity index (χ1v) is 9.63. The Balaban J connectivity index is 3.21. The van der Waals surface area contributed by atoms with E-state index in [2.05, 4.69) is 9.05 Å². The van der Waals surface area contributed by atoms with E-state index in [1.807, 2.05) is 0 Å². The van der Waals surface area contributed by atoms with Gasteiger partial charge in [-0.05, 0) is 32.0 Å². The van der Waals surface area contributed by atoms with E-state index in [4.69, 9.17) is 4.74 Å². The molecule has 0 aliphatic rings. The predicted molar refractivity (Wildman–Crippen MR) is 91.4 cm³/mol. The summed E-state index contributed by atoms with van der Waals surface area (Å²) in [6.45, 7) is 5.11. The fourth-order valence-corrected chi connectivity index (χ4v) is 3.97. The van der Waals surface area contributed by atoms with Gasteiger partial charge in [0.1, 0.15) is 11.6 Å². The molecule has 0 unspecified atom stereocenters. The molecular weight excluding hydrogens is 372 g/mol. The number of methoxy groups -OCH3 is 1. The van der Waals surface area contributed by atoms with Gasteiger partial charge in [-0.2, -0.15) is 8.78 Å². The minimum Gasteiger partial charge on any atom is -0.496 e. The third kappa shape index (κ3) is 4.67. The minimum atomic E-state index is -4.97. The Bertz CT molecular complexity index is 681. The Morgan fingerprint density at radius 2 is 1.69 bits per heavy atom. The van der Waals surface area contributed by atoms with Crippen LogP contribution in [0.3, 0.4) is 0 Å². The Morgan fingerprint density at radius 1 is 1.15 bits per heavy atom. The van der Waals surface area contributed by atoms with Crippen LogP contribution in [0.25, 0.3) is 0 Å². The summed E-state index contributed by atoms with van der Waals surface area (Å²) < 4.78 is 69.5. The van der Waals surface area contributed by atoms with E-state index in [1.165, 1.54) is 40.9 Å². The molecule has 0 aromatic heterocycles. The van der Waals surface area contributed by atoms with E-state index in [0.29, 0.717) is 0 Å². The number of benzene rings is 1. The number of hydrogen-bond acceptors (Lipinski definition) is 5. The molecule has 0 saturated carbocycles. The Labute approximate surface area is 151 Å². The summed E-state index contributed by atoms with van der Waals surface area (Å²) in [6, 6.07) is 3.63. The minimum absolute atomic E-state index is 0.242. The van der Waals surface area contributed by atoms with Crippen molar-refractivity contribution in [3.63, 3.8) is 0 Å². The number of hydrogen-bond donors (Lipinski definition) is 0. The molecule has 1 aromatic carbocycles. The second kappa shape index (κ2) is 8.55. The van der Waals surface area contributed by atoms with Crippen molar-refractivity contribution in [2.75, 3.05) is 20.3 Å². The van der Waals surface area contributed by atoms with Crippen LogP contribution in [0.15, 0.2) is 18.2 Å². The quantitative estimate of drug-likeness (QED) is 0.525. The first-order chi connectivity index (χ1) is 11.9. The lowest BCUT2D eigenvalue weighted by Gasteiger charge is -2.30. The molecule has 0 amide bonds. The monoisotopic (exact) mass is 396 g/mol. The molecular formula is C17H24F3O5P. The molecule has 0 spiro atoms. The topological polar surface area (TPSA) is 61.8 Å². The van der Waals surface area contributed by atoms with Gasteiger partial charge < -0.3 is 13.8 Å². The number of Topliss-reactive ketones (excluding diaryl/α,β-unsaturated/α-hetero) is 1. The van der Waals surface area contributed by atoms with Crippen LogP contribution < -0.4 is 4.74 Å². The number of carbonyl (C=O) groups is 1. The summed E-state index contributed by atoms with van der Waals surface area (Å²) in [7, 11) is -3.62. The highest BCUT2D eigenvalue weighted by Crippen LogP contribution is 2.63. The van der Waals surface area contributed by atoms with Crippen LogP contribution in [-0.4, -0.2) is 31.8 Å². The molecule has 5 nitrogen and oxygen atoms in total. The summed E-state index contributed by atoms with van der Waals surface area (Å²) in [5.74, 6) is -1.95. The molecule has 0 N–H and O–H groups in total. The van der Waals surface area contributed by atoms with Crippen LogP contribution in [-0.2, 0) is 23.8 Å². The average Bonchev–Trinajstić information content (AvgIpc) is 2.54. The second-order valence-electron chi connectivity index (χ2n) is 6.20. The number of halogens is 3. The van der Waals surface area contributed by atoms with Crippen LogP contribution in [0.2, 0.25) is 0 Å². The number of ketones is 1. The Morgan fingerprint density at radius 3 is 2.15 bits per heavy atom. The number of rotatable bonds is 10. The lowest BCUT2D eigenvalue weighted by Crippen LogP contribution is -2.35. The summed E-state index contributed by atoms with van der Waals surface area (Å²) >= 11 is 0. The van der Waals surface area contributed by atoms with Crippen LogP contribution >= 0.6 is 7.60 Å². The highest BCUT2D eigenvalue weighted by molar-refractivity contribution is 7.56. The van der Waals surface area contributed by atoms with E-state index in [1.54, 1.807) is 0 Å². The van der Waals surface area contributed by atoms with Crippen LogP contribution in [0, 0.1) is 5.82 Å². The zero-order valence-corrected chi connectivity index (χ0v) is 16.4. The third-order valence-electron chi connectivity index (χ3n) is 3.77. The van der Waals surface area contributed by atoms with Gasteiger partial charge in [-0.25, -0.2) is 4.39 Å². The van der Waals surface area contributed by atoms with Crippen molar-refractivity contribution >= 4 is 13.4 Å². The van der Waals surface area contributed by atoms with Gasteiger partial charge in [0.2, 0.25) is 5.78 Å². The second-order valence-corrected chi connectivity index (χ2v) is 8.28. The van der Waals surface area contributed by atoms with Gasteiger partial charge in [0.25, 0.3) is 0 Å². The largest absolute Gasteiger partial charge is 0.496 e. The molecule has 0 aliphatic heterocycles. The van der Waals surface area contributed by atoms with Crippen molar-refractivity contribution in [1.29, 1.82) is 0 Å². The van der Waals surface area contributed by atoms with Crippen molar-refractivity contribution < 1.29 is 36.3 Å². The molecule has 0 saturated heterocycles. The van der Waals surface area contributed by atoms with Crippen molar-refractivity contribution in [3.8, 4) is 5.75 Å². The van der Waals surface area contributed by atoms with Gasteiger partial charge in [-0.1, -0.05) is 13.8 Å². The van der Waals surface area contributed by atoms with Gasteiger partial charge in [0, 0.05) is 17.4 Å². The van der Waals surface area contributed by atoms with E-state index in [9.17, 15) is 22.5 Å². The zero-order valence-electron chi connectivity index (χ0n) is 15.5. The molecule has 1 rings (SSSR count). The van der Waals surface area contributed by atoms with Crippen LogP contribution in [0.4, 0.5) is 13.2 Å². The maximum absolute atomic E-state index is 14.6. The first kappa shape index (κ1) is 22.7.